The van der Waals surface area contributed by atoms with Crippen molar-refractivity contribution < 1.29 is 27.4 Å². The molecular weight excluding hydrogens is 481 g/mol. The molecule has 0 bridgehead atoms. The largest absolute Gasteiger partial charge is 0.497 e. The van der Waals surface area contributed by atoms with Crippen LogP contribution in [0.5, 0.6) is 11.5 Å². The van der Waals surface area contributed by atoms with Crippen LogP contribution < -0.4 is 9.47 Å². The lowest BCUT2D eigenvalue weighted by atomic mass is 10.1. The van der Waals surface area contributed by atoms with Crippen LogP contribution in [0.2, 0.25) is 0 Å². The van der Waals surface area contributed by atoms with Crippen LogP contribution >= 0.6 is 0 Å². The topological polar surface area (TPSA) is 51.7 Å². The van der Waals surface area contributed by atoms with E-state index in [2.05, 4.69) is 4.98 Å². The van der Waals surface area contributed by atoms with E-state index < -0.39 is 11.7 Å². The van der Waals surface area contributed by atoms with Crippen molar-refractivity contribution in [2.24, 2.45) is 0 Å². The zero-order valence-electron chi connectivity index (χ0n) is 20.1. The standard InChI is InChI=1S/C29H25F3N2O3/c1-36-26-11-7-24(8-12-26)28(35)34(18-21-13-15-33-16-14-21)19-23-3-2-4-27(17-23)37-20-22-5-9-25(10-6-22)29(30,31)32/h2-17H,18-20H2,1H3. The number of carbonyl (C=O) groups excluding carboxylic acids is 1. The molecule has 1 aromatic heterocycles. The van der Waals surface area contributed by atoms with Gasteiger partial charge >= 0.3 is 6.18 Å². The molecule has 4 aromatic rings. The summed E-state index contributed by atoms with van der Waals surface area (Å²) in [6.07, 6.45) is -1.01. The first-order valence-corrected chi connectivity index (χ1v) is 11.5. The summed E-state index contributed by atoms with van der Waals surface area (Å²) in [4.78, 5) is 19.2. The number of aromatic nitrogens is 1. The molecule has 4 rings (SSSR count). The van der Waals surface area contributed by atoms with Crippen LogP contribution in [0.1, 0.15) is 32.6 Å². The molecule has 0 saturated heterocycles. The van der Waals surface area contributed by atoms with E-state index in [0.717, 1.165) is 23.3 Å². The van der Waals surface area contributed by atoms with E-state index in [-0.39, 0.29) is 12.5 Å². The number of alkyl halides is 3. The number of benzene rings is 3. The lowest BCUT2D eigenvalue weighted by Crippen LogP contribution is -2.30. The molecular formula is C29H25F3N2O3. The molecule has 190 valence electrons. The highest BCUT2D eigenvalue weighted by Gasteiger charge is 2.29. The highest BCUT2D eigenvalue weighted by molar-refractivity contribution is 5.94. The Labute approximate surface area is 213 Å². The molecule has 0 unspecified atom stereocenters. The zero-order valence-corrected chi connectivity index (χ0v) is 20.1. The van der Waals surface area contributed by atoms with Crippen LogP contribution in [0.15, 0.2) is 97.3 Å². The van der Waals surface area contributed by atoms with Crippen molar-refractivity contribution >= 4 is 5.91 Å². The zero-order chi connectivity index (χ0) is 26.3. The SMILES string of the molecule is COc1ccc(C(=O)N(Cc2ccncc2)Cc2cccc(OCc3ccc(C(F)(F)F)cc3)c2)cc1. The van der Waals surface area contributed by atoms with E-state index in [1.807, 2.05) is 30.3 Å². The number of pyridine rings is 1. The minimum absolute atomic E-state index is 0.118. The van der Waals surface area contributed by atoms with E-state index in [4.69, 9.17) is 9.47 Å². The summed E-state index contributed by atoms with van der Waals surface area (Å²) < 4.78 is 49.4. The van der Waals surface area contributed by atoms with E-state index in [1.54, 1.807) is 54.7 Å². The monoisotopic (exact) mass is 506 g/mol. The number of rotatable bonds is 9. The lowest BCUT2D eigenvalue weighted by molar-refractivity contribution is -0.137. The minimum atomic E-state index is -4.38. The van der Waals surface area contributed by atoms with Gasteiger partial charge in [-0.2, -0.15) is 13.2 Å². The number of methoxy groups -OCH3 is 1. The third-order valence-corrected chi connectivity index (χ3v) is 5.71. The molecule has 0 spiro atoms. The normalized spacial score (nSPS) is 11.1. The Morgan fingerprint density at radius 2 is 1.49 bits per heavy atom. The van der Waals surface area contributed by atoms with E-state index in [9.17, 15) is 18.0 Å². The fourth-order valence-corrected chi connectivity index (χ4v) is 3.73. The molecule has 0 N–H and O–H groups in total. The molecule has 3 aromatic carbocycles. The van der Waals surface area contributed by atoms with Crippen molar-refractivity contribution in [3.8, 4) is 11.5 Å². The van der Waals surface area contributed by atoms with Crippen LogP contribution in [0.3, 0.4) is 0 Å². The number of amides is 1. The number of nitrogens with zero attached hydrogens (tertiary/aromatic N) is 2. The predicted octanol–water partition coefficient (Wildman–Crippen LogP) is 6.53. The average Bonchev–Trinajstić information content (AvgIpc) is 2.92. The maximum atomic E-state index is 13.4. The van der Waals surface area contributed by atoms with Gasteiger partial charge in [0.1, 0.15) is 18.1 Å². The molecule has 0 aliphatic heterocycles. The van der Waals surface area contributed by atoms with Gasteiger partial charge in [-0.3, -0.25) is 9.78 Å². The fourth-order valence-electron chi connectivity index (χ4n) is 3.73. The quantitative estimate of drug-likeness (QED) is 0.259. The van der Waals surface area contributed by atoms with Gasteiger partial charge < -0.3 is 14.4 Å². The van der Waals surface area contributed by atoms with E-state index >= 15 is 0 Å². The summed E-state index contributed by atoms with van der Waals surface area (Å²) in [5.41, 5.74) is 2.23. The molecule has 0 saturated carbocycles. The summed E-state index contributed by atoms with van der Waals surface area (Å²) in [6.45, 7) is 0.821. The summed E-state index contributed by atoms with van der Waals surface area (Å²) in [5.74, 6) is 1.07. The highest BCUT2D eigenvalue weighted by atomic mass is 19.4. The Hall–Kier alpha value is -4.33. The third kappa shape index (κ3) is 7.10. The summed E-state index contributed by atoms with van der Waals surface area (Å²) in [7, 11) is 1.57. The number of carbonyl (C=O) groups is 1. The number of halogens is 3. The van der Waals surface area contributed by atoms with Crippen molar-refractivity contribution in [3.63, 3.8) is 0 Å². The summed E-state index contributed by atoms with van der Waals surface area (Å²) in [5, 5.41) is 0. The van der Waals surface area contributed by atoms with Crippen LogP contribution in [-0.2, 0) is 25.9 Å². The first-order chi connectivity index (χ1) is 17.8. The van der Waals surface area contributed by atoms with Crippen LogP contribution in [0, 0.1) is 0 Å². The van der Waals surface area contributed by atoms with Gasteiger partial charge in [0.25, 0.3) is 5.91 Å². The number of ether oxygens (including phenoxy) is 2. The Balaban J connectivity index is 1.48. The highest BCUT2D eigenvalue weighted by Crippen LogP contribution is 2.29. The third-order valence-electron chi connectivity index (χ3n) is 5.71. The van der Waals surface area contributed by atoms with Gasteiger partial charge in [0.2, 0.25) is 0 Å². The minimum Gasteiger partial charge on any atom is -0.497 e. The molecule has 37 heavy (non-hydrogen) atoms. The Kier molecular flexibility index (Phi) is 8.08. The molecule has 1 amide bonds. The maximum absolute atomic E-state index is 13.4. The van der Waals surface area contributed by atoms with Gasteiger partial charge in [-0.25, -0.2) is 0 Å². The van der Waals surface area contributed by atoms with Crippen molar-refractivity contribution in [2.45, 2.75) is 25.9 Å². The maximum Gasteiger partial charge on any atom is 0.416 e. The number of hydrogen-bond donors (Lipinski definition) is 0. The first kappa shape index (κ1) is 25.8. The van der Waals surface area contributed by atoms with Gasteiger partial charge in [0.05, 0.1) is 12.7 Å². The molecule has 0 aliphatic rings. The Bertz CT molecular complexity index is 1310. The van der Waals surface area contributed by atoms with Gasteiger partial charge in [-0.15, -0.1) is 0 Å². The van der Waals surface area contributed by atoms with Gasteiger partial charge in [-0.1, -0.05) is 24.3 Å². The number of hydrogen-bond acceptors (Lipinski definition) is 4. The van der Waals surface area contributed by atoms with Crippen LogP contribution in [0.25, 0.3) is 0 Å². The molecule has 0 atom stereocenters. The van der Waals surface area contributed by atoms with E-state index in [0.29, 0.717) is 35.7 Å². The Morgan fingerprint density at radius 1 is 0.811 bits per heavy atom. The average molecular weight is 507 g/mol. The van der Waals surface area contributed by atoms with E-state index in [1.165, 1.54) is 12.1 Å². The first-order valence-electron chi connectivity index (χ1n) is 11.5. The molecule has 0 fully saturated rings. The van der Waals surface area contributed by atoms with Crippen LogP contribution in [0.4, 0.5) is 13.2 Å². The second-order valence-electron chi connectivity index (χ2n) is 8.38. The van der Waals surface area contributed by atoms with Gasteiger partial charge in [0.15, 0.2) is 0 Å². The fraction of sp³-hybridized carbons (Fsp3) is 0.172. The summed E-state index contributed by atoms with van der Waals surface area (Å²) in [6, 6.07) is 22.8. The lowest BCUT2D eigenvalue weighted by Gasteiger charge is -2.23. The van der Waals surface area contributed by atoms with Crippen LogP contribution in [-0.4, -0.2) is 22.9 Å². The second-order valence-corrected chi connectivity index (χ2v) is 8.38. The molecule has 0 radical (unpaired) electrons. The Morgan fingerprint density at radius 3 is 2.14 bits per heavy atom. The second kappa shape index (κ2) is 11.6. The smallest absolute Gasteiger partial charge is 0.416 e. The molecule has 5 nitrogen and oxygen atoms in total. The van der Waals surface area contributed by atoms with Crippen molar-refractivity contribution in [1.82, 2.24) is 9.88 Å². The van der Waals surface area contributed by atoms with Gasteiger partial charge in [0, 0.05) is 31.0 Å². The van der Waals surface area contributed by atoms with Crippen molar-refractivity contribution in [2.75, 3.05) is 7.11 Å². The van der Waals surface area contributed by atoms with Crippen molar-refractivity contribution in [3.05, 3.63) is 125 Å². The predicted molar refractivity (Wildman–Crippen MR) is 133 cm³/mol. The molecule has 8 heteroatoms. The molecule has 0 aliphatic carbocycles. The molecule has 1 heterocycles. The van der Waals surface area contributed by atoms with Gasteiger partial charge in [-0.05, 0) is 77.4 Å². The van der Waals surface area contributed by atoms with Crippen molar-refractivity contribution in [1.29, 1.82) is 0 Å². The summed E-state index contributed by atoms with van der Waals surface area (Å²) >= 11 is 0.